The van der Waals surface area contributed by atoms with Crippen molar-refractivity contribution in [2.45, 2.75) is 19.8 Å². The van der Waals surface area contributed by atoms with Crippen LogP contribution in [0.1, 0.15) is 31.3 Å². The molecule has 1 rings (SSSR count). The fourth-order valence-corrected chi connectivity index (χ4v) is 0.941. The Labute approximate surface area is 76.0 Å². The topological polar surface area (TPSA) is 49.6 Å². The highest BCUT2D eigenvalue weighted by Gasteiger charge is 2.05. The molecule has 0 N–H and O–H groups in total. The summed E-state index contributed by atoms with van der Waals surface area (Å²) in [4.78, 5) is 7.98. The van der Waals surface area contributed by atoms with E-state index >= 15 is 0 Å². The molecule has 0 radical (unpaired) electrons. The molecule has 0 unspecified atom stereocenters. The van der Waals surface area contributed by atoms with Crippen LogP contribution in [0.25, 0.3) is 0 Å². The second-order valence-corrected chi connectivity index (χ2v) is 3.09. The fraction of sp³-hybridized carbons (Fsp3) is 0.375. The van der Waals surface area contributed by atoms with Gasteiger partial charge in [0.1, 0.15) is 22.7 Å². The quantitative estimate of drug-likeness (QED) is 0.624. The van der Waals surface area contributed by atoms with E-state index in [0.29, 0.717) is 16.7 Å². The largest absolute Gasteiger partial charge is 0.222 e. The van der Waals surface area contributed by atoms with Crippen molar-refractivity contribution in [3.8, 4) is 6.07 Å². The van der Waals surface area contributed by atoms with E-state index in [-0.39, 0.29) is 5.92 Å². The van der Waals surface area contributed by atoms with Crippen molar-refractivity contribution in [1.29, 1.82) is 5.26 Å². The molecule has 0 spiro atoms. The molecule has 0 aromatic carbocycles. The zero-order valence-electron chi connectivity index (χ0n) is 6.87. The zero-order valence-corrected chi connectivity index (χ0v) is 7.63. The third kappa shape index (κ3) is 1.93. The molecule has 3 nitrogen and oxygen atoms in total. The smallest absolute Gasteiger partial charge is 0.145 e. The van der Waals surface area contributed by atoms with E-state index < -0.39 is 0 Å². The van der Waals surface area contributed by atoms with Crippen LogP contribution in [0, 0.1) is 11.3 Å². The van der Waals surface area contributed by atoms with Crippen LogP contribution in [-0.2, 0) is 0 Å². The molecule has 12 heavy (non-hydrogen) atoms. The average molecular weight is 182 g/mol. The van der Waals surface area contributed by atoms with Gasteiger partial charge < -0.3 is 0 Å². The number of hydrogen-bond donors (Lipinski definition) is 0. The molecule has 0 aliphatic heterocycles. The van der Waals surface area contributed by atoms with Crippen molar-refractivity contribution >= 4 is 11.6 Å². The van der Waals surface area contributed by atoms with E-state index in [1.165, 1.54) is 6.07 Å². The molecule has 1 heterocycles. The van der Waals surface area contributed by atoms with Crippen LogP contribution in [0.5, 0.6) is 0 Å². The summed E-state index contributed by atoms with van der Waals surface area (Å²) in [6.45, 7) is 3.90. The highest BCUT2D eigenvalue weighted by molar-refractivity contribution is 6.29. The average Bonchev–Trinajstić information content (AvgIpc) is 2.03. The van der Waals surface area contributed by atoms with Gasteiger partial charge in [-0.25, -0.2) is 9.97 Å². The van der Waals surface area contributed by atoms with E-state index in [1.807, 2.05) is 19.9 Å². The van der Waals surface area contributed by atoms with Crippen LogP contribution in [-0.4, -0.2) is 9.97 Å². The van der Waals surface area contributed by atoms with Crippen molar-refractivity contribution < 1.29 is 0 Å². The zero-order chi connectivity index (χ0) is 9.14. The Morgan fingerprint density at radius 1 is 1.50 bits per heavy atom. The molecule has 0 bridgehead atoms. The fourth-order valence-electron chi connectivity index (χ4n) is 0.751. The molecule has 62 valence electrons. The lowest BCUT2D eigenvalue weighted by atomic mass is 10.2. The van der Waals surface area contributed by atoms with Crippen LogP contribution in [0.4, 0.5) is 0 Å². The standard InChI is InChI=1S/C8H8ClN3/c1-5(2)8-11-6(4-10)3-7(9)12-8/h3,5H,1-2H3. The first-order chi connectivity index (χ1) is 5.63. The van der Waals surface area contributed by atoms with Crippen LogP contribution in [0.15, 0.2) is 6.07 Å². The molecule has 1 aromatic heterocycles. The Balaban J connectivity index is 3.17. The molecule has 0 amide bonds. The Bertz CT molecular complexity index is 328. The van der Waals surface area contributed by atoms with Gasteiger partial charge in [-0.15, -0.1) is 0 Å². The molecule has 4 heteroatoms. The molecule has 1 aromatic rings. The van der Waals surface area contributed by atoms with Crippen LogP contribution in [0.2, 0.25) is 5.15 Å². The molecule has 0 fully saturated rings. The maximum absolute atomic E-state index is 8.57. The van der Waals surface area contributed by atoms with Gasteiger partial charge in [-0.05, 0) is 0 Å². The van der Waals surface area contributed by atoms with E-state index in [1.54, 1.807) is 0 Å². The summed E-state index contributed by atoms with van der Waals surface area (Å²) in [6, 6.07) is 3.38. The first kappa shape index (κ1) is 8.95. The third-order valence-electron chi connectivity index (χ3n) is 1.34. The number of aromatic nitrogens is 2. The minimum atomic E-state index is 0.191. The van der Waals surface area contributed by atoms with E-state index in [2.05, 4.69) is 9.97 Å². The third-order valence-corrected chi connectivity index (χ3v) is 1.54. The maximum Gasteiger partial charge on any atom is 0.145 e. The first-order valence-electron chi connectivity index (χ1n) is 3.58. The second kappa shape index (κ2) is 3.51. The van der Waals surface area contributed by atoms with Gasteiger partial charge >= 0.3 is 0 Å². The molecule has 0 aliphatic rings. The summed E-state index contributed by atoms with van der Waals surface area (Å²) in [5.74, 6) is 0.801. The number of halogens is 1. The van der Waals surface area contributed by atoms with Crippen LogP contribution in [0.3, 0.4) is 0 Å². The predicted octanol–water partition coefficient (Wildman–Crippen LogP) is 2.13. The minimum Gasteiger partial charge on any atom is -0.222 e. The van der Waals surface area contributed by atoms with E-state index in [0.717, 1.165) is 0 Å². The van der Waals surface area contributed by atoms with Gasteiger partial charge in [-0.3, -0.25) is 0 Å². The van der Waals surface area contributed by atoms with Crippen molar-refractivity contribution in [1.82, 2.24) is 9.97 Å². The van der Waals surface area contributed by atoms with E-state index in [9.17, 15) is 0 Å². The van der Waals surface area contributed by atoms with Gasteiger partial charge in [0.05, 0.1) is 0 Å². The van der Waals surface area contributed by atoms with Gasteiger partial charge in [-0.1, -0.05) is 25.4 Å². The number of rotatable bonds is 1. The van der Waals surface area contributed by atoms with Gasteiger partial charge in [0.2, 0.25) is 0 Å². The summed E-state index contributed by atoms with van der Waals surface area (Å²) in [5.41, 5.74) is 0.318. The SMILES string of the molecule is CC(C)c1nc(Cl)cc(C#N)n1. The number of nitrogens with zero attached hydrogens (tertiary/aromatic N) is 3. The summed E-state index contributed by atoms with van der Waals surface area (Å²) < 4.78 is 0. The monoisotopic (exact) mass is 181 g/mol. The van der Waals surface area contributed by atoms with Gasteiger partial charge in [0.25, 0.3) is 0 Å². The summed E-state index contributed by atoms with van der Waals surface area (Å²) in [7, 11) is 0. The summed E-state index contributed by atoms with van der Waals surface area (Å²) in [6.07, 6.45) is 0. The molecular weight excluding hydrogens is 174 g/mol. The van der Waals surface area contributed by atoms with Crippen LogP contribution >= 0.6 is 11.6 Å². The Morgan fingerprint density at radius 3 is 2.67 bits per heavy atom. The maximum atomic E-state index is 8.57. The van der Waals surface area contributed by atoms with Gasteiger partial charge in [0, 0.05) is 12.0 Å². The second-order valence-electron chi connectivity index (χ2n) is 2.70. The lowest BCUT2D eigenvalue weighted by Gasteiger charge is -2.02. The lowest BCUT2D eigenvalue weighted by molar-refractivity contribution is 0.771. The molecule has 0 atom stereocenters. The summed E-state index contributed by atoms with van der Waals surface area (Å²) >= 11 is 5.67. The van der Waals surface area contributed by atoms with E-state index in [4.69, 9.17) is 16.9 Å². The summed E-state index contributed by atoms with van der Waals surface area (Å²) in [5, 5.41) is 8.89. The highest BCUT2D eigenvalue weighted by atomic mass is 35.5. The van der Waals surface area contributed by atoms with Crippen molar-refractivity contribution in [3.63, 3.8) is 0 Å². The number of nitriles is 1. The van der Waals surface area contributed by atoms with Crippen molar-refractivity contribution in [3.05, 3.63) is 22.7 Å². The van der Waals surface area contributed by atoms with Gasteiger partial charge in [-0.2, -0.15) is 5.26 Å². The van der Waals surface area contributed by atoms with Crippen molar-refractivity contribution in [2.75, 3.05) is 0 Å². The normalized spacial score (nSPS) is 9.92. The lowest BCUT2D eigenvalue weighted by Crippen LogP contribution is -1.99. The predicted molar refractivity (Wildman–Crippen MR) is 45.8 cm³/mol. The Kier molecular flexibility index (Phi) is 2.61. The first-order valence-corrected chi connectivity index (χ1v) is 3.96. The Morgan fingerprint density at radius 2 is 2.17 bits per heavy atom. The molecule has 0 saturated heterocycles. The van der Waals surface area contributed by atoms with Gasteiger partial charge in [0.15, 0.2) is 0 Å². The number of hydrogen-bond acceptors (Lipinski definition) is 3. The van der Waals surface area contributed by atoms with Crippen LogP contribution < -0.4 is 0 Å². The highest BCUT2D eigenvalue weighted by Crippen LogP contribution is 2.13. The molecule has 0 aliphatic carbocycles. The molecular formula is C8H8ClN3. The molecule has 0 saturated carbocycles. The minimum absolute atomic E-state index is 0.191. The Hall–Kier alpha value is -1.14. The van der Waals surface area contributed by atoms with Crippen molar-refractivity contribution in [2.24, 2.45) is 0 Å².